The van der Waals surface area contributed by atoms with E-state index in [1.165, 1.54) is 12.1 Å². The Morgan fingerprint density at radius 2 is 1.92 bits per heavy atom. The molecule has 1 aromatic carbocycles. The lowest BCUT2D eigenvalue weighted by Crippen LogP contribution is -2.05. The number of hydroxylamine groups is 1. The van der Waals surface area contributed by atoms with Crippen LogP contribution >= 0.6 is 11.6 Å². The van der Waals surface area contributed by atoms with E-state index in [0.717, 1.165) is 0 Å². The highest BCUT2D eigenvalue weighted by molar-refractivity contribution is 6.32. The summed E-state index contributed by atoms with van der Waals surface area (Å²) >= 11 is 5.49. The summed E-state index contributed by atoms with van der Waals surface area (Å²) in [7, 11) is 0. The van der Waals surface area contributed by atoms with Gasteiger partial charge in [-0.1, -0.05) is 17.7 Å². The first kappa shape index (κ1) is 9.12. The van der Waals surface area contributed by atoms with Gasteiger partial charge in [0.1, 0.15) is 0 Å². The van der Waals surface area contributed by atoms with E-state index in [2.05, 4.69) is 0 Å². The van der Waals surface area contributed by atoms with Crippen LogP contribution in [0.4, 0.5) is 0 Å². The van der Waals surface area contributed by atoms with Crippen molar-refractivity contribution in [1.29, 1.82) is 0 Å². The zero-order valence-corrected chi connectivity index (χ0v) is 6.84. The summed E-state index contributed by atoms with van der Waals surface area (Å²) in [4.78, 5) is 0. The predicted molar refractivity (Wildman–Crippen MR) is 43.4 cm³/mol. The number of phenolic OH excluding ortho intramolecular Hbond substituents is 2. The number of hydrogen-bond acceptors (Lipinski definition) is 4. The summed E-state index contributed by atoms with van der Waals surface area (Å²) in [6, 6.07) is 2.93. The lowest BCUT2D eigenvalue weighted by molar-refractivity contribution is 0.160. The van der Waals surface area contributed by atoms with Crippen molar-refractivity contribution in [3.8, 4) is 11.5 Å². The largest absolute Gasteiger partial charge is 0.504 e. The van der Waals surface area contributed by atoms with E-state index in [0.29, 0.717) is 5.56 Å². The van der Waals surface area contributed by atoms with Gasteiger partial charge < -0.3 is 15.4 Å². The Kier molecular flexibility index (Phi) is 2.75. The Balaban J connectivity index is 3.08. The third-order valence-electron chi connectivity index (χ3n) is 1.46. The molecule has 4 nitrogen and oxygen atoms in total. The van der Waals surface area contributed by atoms with E-state index in [-0.39, 0.29) is 23.1 Å². The van der Waals surface area contributed by atoms with Gasteiger partial charge in [0, 0.05) is 12.1 Å². The molecule has 0 amide bonds. The number of phenols is 2. The van der Waals surface area contributed by atoms with Crippen molar-refractivity contribution in [3.05, 3.63) is 22.7 Å². The molecular weight excluding hydrogens is 182 g/mol. The zero-order valence-electron chi connectivity index (χ0n) is 6.08. The van der Waals surface area contributed by atoms with Gasteiger partial charge in [0.2, 0.25) is 0 Å². The molecule has 0 saturated heterocycles. The molecule has 0 unspecified atom stereocenters. The lowest BCUT2D eigenvalue weighted by atomic mass is 10.2. The topological polar surface area (TPSA) is 72.7 Å². The highest BCUT2D eigenvalue weighted by atomic mass is 35.5. The molecule has 0 aliphatic heterocycles. The van der Waals surface area contributed by atoms with Crippen molar-refractivity contribution in [3.63, 3.8) is 0 Å². The van der Waals surface area contributed by atoms with Crippen LogP contribution in [0.1, 0.15) is 5.56 Å². The molecule has 5 heteroatoms. The second kappa shape index (κ2) is 3.62. The number of aromatic hydroxyl groups is 2. The van der Waals surface area contributed by atoms with Gasteiger partial charge in [-0.25, -0.2) is 5.48 Å². The normalized spacial score (nSPS) is 10.2. The van der Waals surface area contributed by atoms with Crippen molar-refractivity contribution in [2.45, 2.75) is 6.54 Å². The van der Waals surface area contributed by atoms with Gasteiger partial charge in [-0.2, -0.15) is 0 Å². The summed E-state index contributed by atoms with van der Waals surface area (Å²) in [6.07, 6.45) is 0. The van der Waals surface area contributed by atoms with Crippen LogP contribution in [0, 0.1) is 0 Å². The first-order valence-corrected chi connectivity index (χ1v) is 3.61. The molecule has 12 heavy (non-hydrogen) atoms. The molecule has 0 aliphatic rings. The minimum atomic E-state index is -0.371. The van der Waals surface area contributed by atoms with Crippen LogP contribution in [0.25, 0.3) is 0 Å². The molecule has 0 spiro atoms. The van der Waals surface area contributed by atoms with Crippen LogP contribution in [-0.2, 0) is 6.54 Å². The van der Waals surface area contributed by atoms with Gasteiger partial charge in [0.15, 0.2) is 11.5 Å². The molecule has 0 saturated carbocycles. The maximum absolute atomic E-state index is 9.22. The number of nitrogens with one attached hydrogen (secondary N) is 1. The van der Waals surface area contributed by atoms with Gasteiger partial charge in [-0.3, -0.25) is 0 Å². The standard InChI is InChI=1S/C7H8ClNO3/c8-5-2-1-4(3-9-12)6(10)7(5)11/h1-2,9-12H,3H2. The van der Waals surface area contributed by atoms with Gasteiger partial charge in [0.05, 0.1) is 5.02 Å². The highest BCUT2D eigenvalue weighted by Crippen LogP contribution is 2.35. The second-order valence-corrected chi connectivity index (χ2v) is 2.65. The van der Waals surface area contributed by atoms with E-state index in [1.54, 1.807) is 0 Å². The molecule has 66 valence electrons. The Morgan fingerprint density at radius 3 is 2.50 bits per heavy atom. The molecule has 0 heterocycles. The first-order valence-electron chi connectivity index (χ1n) is 3.23. The van der Waals surface area contributed by atoms with E-state index >= 15 is 0 Å². The van der Waals surface area contributed by atoms with Gasteiger partial charge >= 0.3 is 0 Å². The van der Waals surface area contributed by atoms with E-state index in [4.69, 9.17) is 21.9 Å². The molecule has 0 bridgehead atoms. The van der Waals surface area contributed by atoms with Crippen molar-refractivity contribution >= 4 is 11.6 Å². The average molecular weight is 190 g/mol. The molecule has 0 fully saturated rings. The molecule has 0 atom stereocenters. The fraction of sp³-hybridized carbons (Fsp3) is 0.143. The second-order valence-electron chi connectivity index (χ2n) is 2.24. The number of hydrogen-bond donors (Lipinski definition) is 4. The summed E-state index contributed by atoms with van der Waals surface area (Å²) in [6.45, 7) is 0.0521. The maximum Gasteiger partial charge on any atom is 0.176 e. The Labute approximate surface area is 74.0 Å². The lowest BCUT2D eigenvalue weighted by Gasteiger charge is -2.05. The Hall–Kier alpha value is -0.970. The maximum atomic E-state index is 9.22. The summed E-state index contributed by atoms with van der Waals surface area (Å²) in [5, 5.41) is 26.8. The summed E-state index contributed by atoms with van der Waals surface area (Å²) < 4.78 is 0. The van der Waals surface area contributed by atoms with E-state index < -0.39 is 0 Å². The molecule has 0 aliphatic carbocycles. The smallest absolute Gasteiger partial charge is 0.176 e. The molecule has 1 rings (SSSR count). The molecule has 4 N–H and O–H groups in total. The minimum absolute atomic E-state index is 0.0521. The minimum Gasteiger partial charge on any atom is -0.504 e. The Bertz CT molecular complexity index is 290. The van der Waals surface area contributed by atoms with Crippen LogP contribution in [0.3, 0.4) is 0 Å². The third kappa shape index (κ3) is 1.61. The third-order valence-corrected chi connectivity index (χ3v) is 1.76. The average Bonchev–Trinajstić information content (AvgIpc) is 2.07. The zero-order chi connectivity index (χ0) is 9.14. The monoisotopic (exact) mass is 189 g/mol. The molecule has 0 radical (unpaired) electrons. The number of rotatable bonds is 2. The fourth-order valence-corrected chi connectivity index (χ4v) is 0.977. The van der Waals surface area contributed by atoms with Gasteiger partial charge in [0.25, 0.3) is 0 Å². The first-order chi connectivity index (χ1) is 5.66. The number of benzene rings is 1. The fourth-order valence-electron chi connectivity index (χ4n) is 0.825. The van der Waals surface area contributed by atoms with Gasteiger partial charge in [-0.05, 0) is 6.07 Å². The van der Waals surface area contributed by atoms with Gasteiger partial charge in [-0.15, -0.1) is 0 Å². The van der Waals surface area contributed by atoms with Crippen molar-refractivity contribution in [2.75, 3.05) is 0 Å². The molecule has 1 aromatic rings. The Morgan fingerprint density at radius 1 is 1.25 bits per heavy atom. The van der Waals surface area contributed by atoms with Crippen LogP contribution in [0.5, 0.6) is 11.5 Å². The van der Waals surface area contributed by atoms with E-state index in [9.17, 15) is 5.11 Å². The number of halogens is 1. The van der Waals surface area contributed by atoms with Crippen molar-refractivity contribution in [1.82, 2.24) is 5.48 Å². The summed E-state index contributed by atoms with van der Waals surface area (Å²) in [5.41, 5.74) is 2.23. The van der Waals surface area contributed by atoms with Crippen LogP contribution in [-0.4, -0.2) is 15.4 Å². The summed E-state index contributed by atoms with van der Waals surface area (Å²) in [5.74, 6) is -0.687. The van der Waals surface area contributed by atoms with Crippen LogP contribution in [0.2, 0.25) is 5.02 Å². The highest BCUT2D eigenvalue weighted by Gasteiger charge is 2.08. The van der Waals surface area contributed by atoms with Crippen molar-refractivity contribution < 1.29 is 15.4 Å². The SMILES string of the molecule is ONCc1ccc(Cl)c(O)c1O. The predicted octanol–water partition coefficient (Wildman–Crippen LogP) is 1.23. The van der Waals surface area contributed by atoms with Crippen LogP contribution < -0.4 is 5.48 Å². The van der Waals surface area contributed by atoms with E-state index in [1.807, 2.05) is 5.48 Å². The quantitative estimate of drug-likeness (QED) is 0.417. The molecule has 0 aromatic heterocycles. The molecular formula is C7H8ClNO3. The van der Waals surface area contributed by atoms with Crippen LogP contribution in [0.15, 0.2) is 12.1 Å². The van der Waals surface area contributed by atoms with Crippen molar-refractivity contribution in [2.24, 2.45) is 0 Å².